The number of ether oxygens (including phenoxy) is 1. The number of benzene rings is 2. The van der Waals surface area contributed by atoms with Gasteiger partial charge in [-0.3, -0.25) is 0 Å². The van der Waals surface area contributed by atoms with Crippen LogP contribution in [-0.4, -0.2) is 25.7 Å². The number of aromatic nitrogens is 2. The standard InChI is InChI=1S/C18H18ClN3O4S/c1-11-12(2)16(9-8-15(11)25-3)27(23,24)20-10-17-21-18(22-26-17)13-4-6-14(19)7-5-13/h4-9,20H,10H2,1-3H3. The van der Waals surface area contributed by atoms with Gasteiger partial charge in [0, 0.05) is 10.6 Å². The first-order valence-electron chi connectivity index (χ1n) is 8.04. The van der Waals surface area contributed by atoms with Crippen LogP contribution in [0.4, 0.5) is 0 Å². The number of methoxy groups -OCH3 is 1. The van der Waals surface area contributed by atoms with E-state index in [1.54, 1.807) is 44.4 Å². The molecular formula is C18H18ClN3O4S. The van der Waals surface area contributed by atoms with Gasteiger partial charge in [-0.1, -0.05) is 16.8 Å². The zero-order valence-electron chi connectivity index (χ0n) is 15.0. The second-order valence-corrected chi connectivity index (χ2v) is 8.03. The molecule has 0 amide bonds. The zero-order chi connectivity index (χ0) is 19.6. The van der Waals surface area contributed by atoms with Gasteiger partial charge in [0.25, 0.3) is 0 Å². The van der Waals surface area contributed by atoms with Crippen molar-refractivity contribution < 1.29 is 17.7 Å². The predicted molar refractivity (Wildman–Crippen MR) is 101 cm³/mol. The average molecular weight is 408 g/mol. The molecule has 0 saturated heterocycles. The number of rotatable bonds is 6. The minimum atomic E-state index is -3.75. The summed E-state index contributed by atoms with van der Waals surface area (Å²) >= 11 is 5.86. The molecule has 0 radical (unpaired) electrons. The summed E-state index contributed by atoms with van der Waals surface area (Å²) in [5.74, 6) is 1.15. The Bertz CT molecular complexity index is 1060. The summed E-state index contributed by atoms with van der Waals surface area (Å²) < 4.78 is 38.1. The van der Waals surface area contributed by atoms with Crippen molar-refractivity contribution in [1.82, 2.24) is 14.9 Å². The molecule has 3 aromatic rings. The quantitative estimate of drug-likeness (QED) is 0.672. The van der Waals surface area contributed by atoms with Crippen LogP contribution in [0.2, 0.25) is 5.02 Å². The van der Waals surface area contributed by atoms with Crippen LogP contribution in [0.15, 0.2) is 45.8 Å². The largest absolute Gasteiger partial charge is 0.496 e. The molecule has 0 fully saturated rings. The van der Waals surface area contributed by atoms with Crippen molar-refractivity contribution in [3.8, 4) is 17.1 Å². The van der Waals surface area contributed by atoms with Crippen molar-refractivity contribution >= 4 is 21.6 Å². The highest BCUT2D eigenvalue weighted by Crippen LogP contribution is 2.27. The lowest BCUT2D eigenvalue weighted by Gasteiger charge is -2.13. The molecule has 0 atom stereocenters. The Morgan fingerprint density at radius 1 is 1.11 bits per heavy atom. The monoisotopic (exact) mass is 407 g/mol. The first-order valence-corrected chi connectivity index (χ1v) is 9.90. The lowest BCUT2D eigenvalue weighted by Crippen LogP contribution is -2.24. The summed E-state index contributed by atoms with van der Waals surface area (Å²) in [4.78, 5) is 4.39. The van der Waals surface area contributed by atoms with E-state index < -0.39 is 10.0 Å². The maximum Gasteiger partial charge on any atom is 0.242 e. The Morgan fingerprint density at radius 3 is 2.48 bits per heavy atom. The third-order valence-electron chi connectivity index (χ3n) is 4.18. The smallest absolute Gasteiger partial charge is 0.242 e. The number of nitrogens with one attached hydrogen (secondary N) is 1. The molecule has 2 aromatic carbocycles. The van der Waals surface area contributed by atoms with E-state index in [1.165, 1.54) is 6.07 Å². The first-order chi connectivity index (χ1) is 12.8. The van der Waals surface area contributed by atoms with Crippen LogP contribution in [0.3, 0.4) is 0 Å². The van der Waals surface area contributed by atoms with Gasteiger partial charge in [0.2, 0.25) is 21.7 Å². The molecule has 0 spiro atoms. The van der Waals surface area contributed by atoms with Crippen molar-refractivity contribution in [1.29, 1.82) is 0 Å². The summed E-state index contributed by atoms with van der Waals surface area (Å²) in [6.07, 6.45) is 0. The van der Waals surface area contributed by atoms with Crippen LogP contribution in [0.25, 0.3) is 11.4 Å². The van der Waals surface area contributed by atoms with Crippen LogP contribution in [-0.2, 0) is 16.6 Å². The molecule has 0 aliphatic heterocycles. The van der Waals surface area contributed by atoms with Gasteiger partial charge in [0.15, 0.2) is 0 Å². The van der Waals surface area contributed by atoms with E-state index in [2.05, 4.69) is 14.9 Å². The molecule has 0 saturated carbocycles. The Kier molecular flexibility index (Phi) is 5.50. The normalized spacial score (nSPS) is 11.6. The van der Waals surface area contributed by atoms with Crippen LogP contribution in [0, 0.1) is 13.8 Å². The Morgan fingerprint density at radius 2 is 1.81 bits per heavy atom. The molecule has 27 heavy (non-hydrogen) atoms. The lowest BCUT2D eigenvalue weighted by molar-refractivity contribution is 0.376. The number of sulfonamides is 1. The molecule has 1 N–H and O–H groups in total. The molecule has 0 unspecified atom stereocenters. The lowest BCUT2D eigenvalue weighted by atomic mass is 10.1. The van der Waals surface area contributed by atoms with Gasteiger partial charge in [-0.15, -0.1) is 0 Å². The molecule has 0 aliphatic carbocycles. The van der Waals surface area contributed by atoms with Crippen molar-refractivity contribution in [2.75, 3.05) is 7.11 Å². The van der Waals surface area contributed by atoms with Gasteiger partial charge in [0.05, 0.1) is 18.6 Å². The van der Waals surface area contributed by atoms with Crippen LogP contribution < -0.4 is 9.46 Å². The minimum absolute atomic E-state index is 0.118. The zero-order valence-corrected chi connectivity index (χ0v) is 16.6. The molecule has 142 valence electrons. The fraction of sp³-hybridized carbons (Fsp3) is 0.222. The maximum atomic E-state index is 12.6. The number of hydrogen-bond acceptors (Lipinski definition) is 6. The van der Waals surface area contributed by atoms with E-state index >= 15 is 0 Å². The van der Waals surface area contributed by atoms with E-state index in [0.717, 1.165) is 11.1 Å². The summed E-state index contributed by atoms with van der Waals surface area (Å²) in [6, 6.07) is 10.1. The highest BCUT2D eigenvalue weighted by atomic mass is 35.5. The van der Waals surface area contributed by atoms with Crippen LogP contribution in [0.5, 0.6) is 5.75 Å². The fourth-order valence-corrected chi connectivity index (χ4v) is 3.96. The van der Waals surface area contributed by atoms with E-state index in [-0.39, 0.29) is 17.3 Å². The highest BCUT2D eigenvalue weighted by Gasteiger charge is 2.20. The van der Waals surface area contributed by atoms with Gasteiger partial charge in [-0.25, -0.2) is 13.1 Å². The van der Waals surface area contributed by atoms with Crippen molar-refractivity contribution in [2.24, 2.45) is 0 Å². The van der Waals surface area contributed by atoms with Crippen molar-refractivity contribution in [2.45, 2.75) is 25.3 Å². The summed E-state index contributed by atoms with van der Waals surface area (Å²) in [5.41, 5.74) is 2.11. The van der Waals surface area contributed by atoms with Crippen molar-refractivity contribution in [3.63, 3.8) is 0 Å². The fourth-order valence-electron chi connectivity index (χ4n) is 2.56. The summed E-state index contributed by atoms with van der Waals surface area (Å²) in [5, 5.41) is 4.46. The molecule has 7 nitrogen and oxygen atoms in total. The predicted octanol–water partition coefficient (Wildman–Crippen LogP) is 3.49. The molecular weight excluding hydrogens is 390 g/mol. The second kappa shape index (κ2) is 7.67. The molecule has 0 bridgehead atoms. The molecule has 1 aromatic heterocycles. The van der Waals surface area contributed by atoms with E-state index in [0.29, 0.717) is 22.2 Å². The molecule has 1 heterocycles. The molecule has 9 heteroatoms. The topological polar surface area (TPSA) is 94.3 Å². The van der Waals surface area contributed by atoms with Crippen molar-refractivity contribution in [3.05, 3.63) is 58.4 Å². The van der Waals surface area contributed by atoms with Gasteiger partial charge in [0.1, 0.15) is 5.75 Å². The molecule has 3 rings (SSSR count). The van der Waals surface area contributed by atoms with E-state index in [1.807, 2.05) is 6.92 Å². The van der Waals surface area contributed by atoms with Gasteiger partial charge < -0.3 is 9.26 Å². The summed E-state index contributed by atoms with van der Waals surface area (Å²) in [7, 11) is -2.20. The van der Waals surface area contributed by atoms with Gasteiger partial charge in [-0.05, 0) is 61.4 Å². The number of nitrogens with zero attached hydrogens (tertiary/aromatic N) is 2. The number of halogens is 1. The Hall–Kier alpha value is -2.42. The van der Waals surface area contributed by atoms with E-state index in [9.17, 15) is 8.42 Å². The third kappa shape index (κ3) is 4.13. The third-order valence-corrected chi connectivity index (χ3v) is 5.98. The van der Waals surface area contributed by atoms with E-state index in [4.69, 9.17) is 20.9 Å². The second-order valence-electron chi connectivity index (χ2n) is 5.86. The van der Waals surface area contributed by atoms with Gasteiger partial charge >= 0.3 is 0 Å². The van der Waals surface area contributed by atoms with Crippen LogP contribution in [0.1, 0.15) is 17.0 Å². The molecule has 0 aliphatic rings. The highest BCUT2D eigenvalue weighted by molar-refractivity contribution is 7.89. The number of hydrogen-bond donors (Lipinski definition) is 1. The minimum Gasteiger partial charge on any atom is -0.496 e. The Labute approximate surface area is 162 Å². The van der Waals surface area contributed by atoms with Gasteiger partial charge in [-0.2, -0.15) is 4.98 Å². The first kappa shape index (κ1) is 19.3. The maximum absolute atomic E-state index is 12.6. The summed E-state index contributed by atoms with van der Waals surface area (Å²) in [6.45, 7) is 3.43. The SMILES string of the molecule is COc1ccc(S(=O)(=O)NCc2nc(-c3ccc(Cl)cc3)no2)c(C)c1C. The van der Waals surface area contributed by atoms with Crippen LogP contribution >= 0.6 is 11.6 Å². The average Bonchev–Trinajstić information content (AvgIpc) is 3.12. The Balaban J connectivity index is 1.77.